The van der Waals surface area contributed by atoms with E-state index in [1.807, 2.05) is 0 Å². The molecule has 0 aromatic carbocycles. The molecule has 4 nitrogen and oxygen atoms in total. The lowest BCUT2D eigenvalue weighted by molar-refractivity contribution is -0.128. The van der Waals surface area contributed by atoms with Crippen molar-refractivity contribution in [3.63, 3.8) is 0 Å². The van der Waals surface area contributed by atoms with E-state index in [1.165, 1.54) is 32.1 Å². The summed E-state index contributed by atoms with van der Waals surface area (Å²) in [5, 5.41) is 0. The van der Waals surface area contributed by atoms with Crippen LogP contribution in [0.15, 0.2) is 0 Å². The molecule has 1 aliphatic carbocycles. The van der Waals surface area contributed by atoms with E-state index in [0.29, 0.717) is 5.92 Å². The van der Waals surface area contributed by atoms with E-state index in [2.05, 4.69) is 12.3 Å². The molecule has 0 aromatic rings. The normalized spacial score (nSPS) is 29.2. The molecule has 3 atom stereocenters. The quantitative estimate of drug-likeness (QED) is 0.582. The highest BCUT2D eigenvalue weighted by Crippen LogP contribution is 2.42. The molecule has 4 heteroatoms. The molecule has 20 heavy (non-hydrogen) atoms. The molecule has 0 radical (unpaired) electrons. The Kier molecular flexibility index (Phi) is 6.27. The van der Waals surface area contributed by atoms with E-state index in [4.69, 9.17) is 15.3 Å². The summed E-state index contributed by atoms with van der Waals surface area (Å²) in [6, 6.07) is 0.252. The second-order valence-corrected chi connectivity index (χ2v) is 6.60. The summed E-state index contributed by atoms with van der Waals surface area (Å²) in [6.45, 7) is 3.08. The first-order valence-corrected chi connectivity index (χ1v) is 8.37. The Hall–Kier alpha value is -0.160. The Balaban J connectivity index is 2.01. The molecule has 2 aliphatic rings. The van der Waals surface area contributed by atoms with Crippen LogP contribution in [0.1, 0.15) is 64.7 Å². The van der Waals surface area contributed by atoms with Gasteiger partial charge in [-0.2, -0.15) is 0 Å². The van der Waals surface area contributed by atoms with Crippen molar-refractivity contribution in [1.82, 2.24) is 5.43 Å². The van der Waals surface area contributed by atoms with E-state index >= 15 is 0 Å². The van der Waals surface area contributed by atoms with Gasteiger partial charge in [-0.1, -0.05) is 32.6 Å². The molecule has 2 fully saturated rings. The van der Waals surface area contributed by atoms with Crippen molar-refractivity contribution in [2.45, 2.75) is 82.5 Å². The predicted octanol–water partition coefficient (Wildman–Crippen LogP) is 2.76. The topological polar surface area (TPSA) is 56.5 Å². The fourth-order valence-electron chi connectivity index (χ4n) is 4.19. The fourth-order valence-corrected chi connectivity index (χ4v) is 4.19. The second kappa shape index (κ2) is 7.74. The molecule has 1 aliphatic heterocycles. The second-order valence-electron chi connectivity index (χ2n) is 6.60. The van der Waals surface area contributed by atoms with Gasteiger partial charge >= 0.3 is 0 Å². The largest absolute Gasteiger partial charge is 0.380 e. The van der Waals surface area contributed by atoms with Gasteiger partial charge in [0, 0.05) is 13.7 Å². The van der Waals surface area contributed by atoms with E-state index < -0.39 is 0 Å². The SMILES string of the molecule is CCCC(OC)C(NN)C1CCOC2(CCCCC2)C1. The molecule has 1 heterocycles. The van der Waals surface area contributed by atoms with Crippen LogP contribution in [-0.4, -0.2) is 31.5 Å². The Bertz CT molecular complexity index is 274. The maximum Gasteiger partial charge on any atom is 0.0740 e. The van der Waals surface area contributed by atoms with Gasteiger partial charge in [-0.05, 0) is 38.0 Å². The zero-order valence-electron chi connectivity index (χ0n) is 13.2. The molecule has 3 unspecified atom stereocenters. The molecule has 0 bridgehead atoms. The predicted molar refractivity (Wildman–Crippen MR) is 81.3 cm³/mol. The number of hydrogen-bond acceptors (Lipinski definition) is 4. The van der Waals surface area contributed by atoms with Gasteiger partial charge in [-0.25, -0.2) is 0 Å². The highest BCUT2D eigenvalue weighted by atomic mass is 16.5. The van der Waals surface area contributed by atoms with Gasteiger partial charge in [0.25, 0.3) is 0 Å². The molecule has 1 spiro atoms. The van der Waals surface area contributed by atoms with Crippen molar-refractivity contribution in [2.75, 3.05) is 13.7 Å². The zero-order valence-corrected chi connectivity index (χ0v) is 13.2. The summed E-state index contributed by atoms with van der Waals surface area (Å²) in [5.74, 6) is 6.43. The summed E-state index contributed by atoms with van der Waals surface area (Å²) in [5.41, 5.74) is 3.19. The lowest BCUT2D eigenvalue weighted by Gasteiger charge is -2.46. The maximum atomic E-state index is 6.20. The van der Waals surface area contributed by atoms with E-state index in [1.54, 1.807) is 7.11 Å². The molecule has 1 saturated carbocycles. The lowest BCUT2D eigenvalue weighted by Crippen LogP contribution is -2.54. The molecule has 2 rings (SSSR count). The minimum absolute atomic E-state index is 0.140. The summed E-state index contributed by atoms with van der Waals surface area (Å²) >= 11 is 0. The first kappa shape index (κ1) is 16.2. The lowest BCUT2D eigenvalue weighted by atomic mass is 9.73. The molecule has 118 valence electrons. The molecular formula is C16H32N2O2. The Morgan fingerprint density at radius 1 is 1.35 bits per heavy atom. The highest BCUT2D eigenvalue weighted by Gasteiger charge is 2.42. The summed E-state index contributed by atoms with van der Waals surface area (Å²) in [7, 11) is 1.81. The summed E-state index contributed by atoms with van der Waals surface area (Å²) in [6.07, 6.45) is 11.1. The average molecular weight is 284 g/mol. The van der Waals surface area contributed by atoms with Crippen LogP contribution in [0.5, 0.6) is 0 Å². The van der Waals surface area contributed by atoms with E-state index in [0.717, 1.165) is 32.3 Å². The first-order valence-electron chi connectivity index (χ1n) is 8.37. The molecule has 3 N–H and O–H groups in total. The molecule has 1 saturated heterocycles. The van der Waals surface area contributed by atoms with Crippen LogP contribution >= 0.6 is 0 Å². The maximum absolute atomic E-state index is 6.20. The van der Waals surface area contributed by atoms with Gasteiger partial charge in [0.15, 0.2) is 0 Å². The van der Waals surface area contributed by atoms with Gasteiger partial charge in [-0.3, -0.25) is 11.3 Å². The van der Waals surface area contributed by atoms with Crippen molar-refractivity contribution >= 4 is 0 Å². The number of nitrogens with one attached hydrogen (secondary N) is 1. The highest BCUT2D eigenvalue weighted by molar-refractivity contribution is 4.94. The van der Waals surface area contributed by atoms with Gasteiger partial charge < -0.3 is 9.47 Å². The Morgan fingerprint density at radius 3 is 2.70 bits per heavy atom. The smallest absolute Gasteiger partial charge is 0.0740 e. The van der Waals surface area contributed by atoms with Crippen LogP contribution in [0.4, 0.5) is 0 Å². The number of methoxy groups -OCH3 is 1. The third kappa shape index (κ3) is 3.73. The Labute approximate surface area is 123 Å². The van der Waals surface area contributed by atoms with Crippen molar-refractivity contribution in [1.29, 1.82) is 0 Å². The van der Waals surface area contributed by atoms with Crippen LogP contribution in [0.25, 0.3) is 0 Å². The van der Waals surface area contributed by atoms with Crippen molar-refractivity contribution in [3.05, 3.63) is 0 Å². The van der Waals surface area contributed by atoms with Crippen LogP contribution in [0, 0.1) is 5.92 Å². The molecular weight excluding hydrogens is 252 g/mol. The fraction of sp³-hybridized carbons (Fsp3) is 1.00. The number of hydrogen-bond donors (Lipinski definition) is 2. The molecule has 0 amide bonds. The van der Waals surface area contributed by atoms with E-state index in [9.17, 15) is 0 Å². The number of rotatable bonds is 6. The van der Waals surface area contributed by atoms with Crippen molar-refractivity contribution < 1.29 is 9.47 Å². The van der Waals surface area contributed by atoms with Crippen LogP contribution in [0.2, 0.25) is 0 Å². The van der Waals surface area contributed by atoms with Crippen molar-refractivity contribution in [2.24, 2.45) is 11.8 Å². The van der Waals surface area contributed by atoms with Crippen LogP contribution in [0.3, 0.4) is 0 Å². The average Bonchev–Trinajstić information content (AvgIpc) is 2.48. The number of hydrazine groups is 1. The van der Waals surface area contributed by atoms with Crippen LogP contribution < -0.4 is 11.3 Å². The standard InChI is InChI=1S/C16H32N2O2/c1-3-7-14(19-2)15(18-17)13-8-11-20-16(12-13)9-5-4-6-10-16/h13-15,18H,3-12,17H2,1-2H3. The summed E-state index contributed by atoms with van der Waals surface area (Å²) < 4.78 is 11.9. The summed E-state index contributed by atoms with van der Waals surface area (Å²) in [4.78, 5) is 0. The van der Waals surface area contributed by atoms with E-state index in [-0.39, 0.29) is 17.7 Å². The minimum atomic E-state index is 0.140. The number of ether oxygens (including phenoxy) is 2. The Morgan fingerprint density at radius 2 is 2.10 bits per heavy atom. The monoisotopic (exact) mass is 284 g/mol. The van der Waals surface area contributed by atoms with Crippen LogP contribution in [-0.2, 0) is 9.47 Å². The van der Waals surface area contributed by atoms with Gasteiger partial charge in [0.1, 0.15) is 0 Å². The van der Waals surface area contributed by atoms with Gasteiger partial charge in [0.05, 0.1) is 17.7 Å². The minimum Gasteiger partial charge on any atom is -0.380 e. The van der Waals surface area contributed by atoms with Crippen molar-refractivity contribution in [3.8, 4) is 0 Å². The molecule has 0 aromatic heterocycles. The third-order valence-electron chi connectivity index (χ3n) is 5.27. The van der Waals surface area contributed by atoms with Gasteiger partial charge in [-0.15, -0.1) is 0 Å². The zero-order chi connectivity index (χ0) is 14.4. The van der Waals surface area contributed by atoms with Gasteiger partial charge in [0.2, 0.25) is 0 Å². The third-order valence-corrected chi connectivity index (χ3v) is 5.27. The first-order chi connectivity index (χ1) is 9.74. The number of nitrogens with two attached hydrogens (primary N) is 1.